The highest BCUT2D eigenvalue weighted by Crippen LogP contribution is 2.13. The standard InChI is InChI=1S/C7H14O5Si/c1-5(8)11-7(3,4-10-13)12-6(2)9/h4H2,1-3,13H3. The second-order valence-electron chi connectivity index (χ2n) is 2.75. The zero-order valence-electron chi connectivity index (χ0n) is 8.25. The molecule has 0 aliphatic heterocycles. The zero-order valence-corrected chi connectivity index (χ0v) is 10.2. The van der Waals surface area contributed by atoms with Crippen LogP contribution in [-0.2, 0) is 23.5 Å². The van der Waals surface area contributed by atoms with Crippen LogP contribution in [0.3, 0.4) is 0 Å². The number of hydrogen-bond acceptors (Lipinski definition) is 5. The Morgan fingerprint density at radius 3 is 1.85 bits per heavy atom. The maximum absolute atomic E-state index is 10.7. The molecule has 0 aromatic rings. The molecule has 0 aromatic heterocycles. The van der Waals surface area contributed by atoms with Crippen LogP contribution >= 0.6 is 0 Å². The second kappa shape index (κ2) is 4.98. The number of carbonyl (C=O) groups excluding carboxylic acids is 2. The third-order valence-corrected chi connectivity index (χ3v) is 1.41. The maximum Gasteiger partial charge on any atom is 0.305 e. The van der Waals surface area contributed by atoms with E-state index < -0.39 is 17.7 Å². The lowest BCUT2D eigenvalue weighted by molar-refractivity contribution is -0.227. The molecular formula is C7H14O5Si. The molecule has 0 aromatic carbocycles. The summed E-state index contributed by atoms with van der Waals surface area (Å²) in [6.07, 6.45) is 0. The Morgan fingerprint density at radius 2 is 1.62 bits per heavy atom. The molecule has 0 N–H and O–H groups in total. The number of rotatable bonds is 4. The van der Waals surface area contributed by atoms with E-state index in [1.807, 2.05) is 0 Å². The van der Waals surface area contributed by atoms with E-state index >= 15 is 0 Å². The van der Waals surface area contributed by atoms with Gasteiger partial charge < -0.3 is 13.9 Å². The van der Waals surface area contributed by atoms with Crippen molar-refractivity contribution in [2.75, 3.05) is 6.61 Å². The molecule has 0 rings (SSSR count). The maximum atomic E-state index is 10.7. The summed E-state index contributed by atoms with van der Waals surface area (Å²) in [4.78, 5) is 21.3. The van der Waals surface area contributed by atoms with Gasteiger partial charge >= 0.3 is 11.9 Å². The Bertz CT molecular complexity index is 187. The van der Waals surface area contributed by atoms with Gasteiger partial charge in [-0.15, -0.1) is 0 Å². The molecular weight excluding hydrogens is 192 g/mol. The van der Waals surface area contributed by atoms with Gasteiger partial charge in [-0.2, -0.15) is 0 Å². The van der Waals surface area contributed by atoms with Crippen molar-refractivity contribution in [3.05, 3.63) is 0 Å². The van der Waals surface area contributed by atoms with Crippen LogP contribution in [0.15, 0.2) is 0 Å². The highest BCUT2D eigenvalue weighted by atomic mass is 28.2. The SMILES string of the molecule is CC(=O)OC(C)(CO[SiH3])OC(C)=O. The van der Waals surface area contributed by atoms with Gasteiger partial charge in [0.15, 0.2) is 0 Å². The van der Waals surface area contributed by atoms with E-state index in [9.17, 15) is 9.59 Å². The molecule has 0 spiro atoms. The van der Waals surface area contributed by atoms with E-state index in [2.05, 4.69) is 0 Å². The molecule has 0 unspecified atom stereocenters. The average Bonchev–Trinajstić information content (AvgIpc) is 1.81. The Balaban J connectivity index is 4.32. The van der Waals surface area contributed by atoms with Crippen molar-refractivity contribution in [3.8, 4) is 0 Å². The molecule has 6 heteroatoms. The van der Waals surface area contributed by atoms with E-state index in [0.29, 0.717) is 10.5 Å². The van der Waals surface area contributed by atoms with Gasteiger partial charge in [0.25, 0.3) is 5.79 Å². The Hall–Kier alpha value is -0.883. The number of esters is 2. The van der Waals surface area contributed by atoms with E-state index in [1.54, 1.807) is 0 Å². The van der Waals surface area contributed by atoms with Gasteiger partial charge in [0.1, 0.15) is 17.1 Å². The minimum absolute atomic E-state index is 0.0678. The molecule has 0 aliphatic rings. The van der Waals surface area contributed by atoms with Crippen LogP contribution in [0.25, 0.3) is 0 Å². The van der Waals surface area contributed by atoms with Crippen molar-refractivity contribution < 1.29 is 23.5 Å². The first-order valence-electron chi connectivity index (χ1n) is 3.78. The number of carbonyl (C=O) groups is 2. The number of ether oxygens (including phenoxy) is 2. The van der Waals surface area contributed by atoms with Crippen molar-refractivity contribution >= 4 is 22.4 Å². The Kier molecular flexibility index (Phi) is 4.64. The van der Waals surface area contributed by atoms with Crippen molar-refractivity contribution in [1.29, 1.82) is 0 Å². The minimum atomic E-state index is -1.29. The predicted molar refractivity (Wildman–Crippen MR) is 47.8 cm³/mol. The van der Waals surface area contributed by atoms with E-state index in [4.69, 9.17) is 13.9 Å². The molecule has 76 valence electrons. The Labute approximate surface area is 79.9 Å². The van der Waals surface area contributed by atoms with Crippen LogP contribution in [0, 0.1) is 0 Å². The van der Waals surface area contributed by atoms with Gasteiger partial charge in [-0.3, -0.25) is 9.59 Å². The van der Waals surface area contributed by atoms with Gasteiger partial charge in [-0.1, -0.05) is 0 Å². The summed E-state index contributed by atoms with van der Waals surface area (Å²) in [6.45, 7) is 4.04. The fourth-order valence-corrected chi connectivity index (χ4v) is 1.47. The molecule has 0 bridgehead atoms. The van der Waals surface area contributed by atoms with Crippen LogP contribution in [0.1, 0.15) is 20.8 Å². The lowest BCUT2D eigenvalue weighted by Gasteiger charge is -2.27. The highest BCUT2D eigenvalue weighted by molar-refractivity contribution is 5.98. The Morgan fingerprint density at radius 1 is 1.23 bits per heavy atom. The van der Waals surface area contributed by atoms with Crippen LogP contribution in [0.5, 0.6) is 0 Å². The van der Waals surface area contributed by atoms with Crippen LogP contribution < -0.4 is 0 Å². The third-order valence-electron chi connectivity index (χ3n) is 1.13. The minimum Gasteiger partial charge on any atom is -0.420 e. The lowest BCUT2D eigenvalue weighted by Crippen LogP contribution is -2.40. The number of hydrogen-bond donors (Lipinski definition) is 0. The first kappa shape index (κ1) is 12.1. The zero-order chi connectivity index (χ0) is 10.5. The molecule has 5 nitrogen and oxygen atoms in total. The summed E-state index contributed by atoms with van der Waals surface area (Å²) < 4.78 is 14.5. The first-order chi connectivity index (χ1) is 5.89. The summed E-state index contributed by atoms with van der Waals surface area (Å²) >= 11 is 0. The summed E-state index contributed by atoms with van der Waals surface area (Å²) in [6, 6.07) is 0. The van der Waals surface area contributed by atoms with Crippen LogP contribution in [0.2, 0.25) is 0 Å². The predicted octanol–water partition coefficient (Wildman–Crippen LogP) is -0.874. The topological polar surface area (TPSA) is 61.8 Å². The van der Waals surface area contributed by atoms with Gasteiger partial charge in [-0.25, -0.2) is 0 Å². The summed E-state index contributed by atoms with van der Waals surface area (Å²) in [7, 11) is 0.488. The average molecular weight is 206 g/mol. The van der Waals surface area contributed by atoms with Crippen LogP contribution in [0.4, 0.5) is 0 Å². The molecule has 0 amide bonds. The fourth-order valence-electron chi connectivity index (χ4n) is 0.950. The second-order valence-corrected chi connectivity index (χ2v) is 3.33. The quantitative estimate of drug-likeness (QED) is 0.340. The molecule has 0 saturated heterocycles. The molecule has 0 radical (unpaired) electrons. The van der Waals surface area contributed by atoms with E-state index in [0.717, 1.165) is 0 Å². The van der Waals surface area contributed by atoms with Crippen molar-refractivity contribution in [2.24, 2.45) is 0 Å². The third kappa shape index (κ3) is 5.37. The van der Waals surface area contributed by atoms with E-state index in [-0.39, 0.29) is 6.61 Å². The highest BCUT2D eigenvalue weighted by Gasteiger charge is 2.30. The first-order valence-corrected chi connectivity index (χ1v) is 4.59. The lowest BCUT2D eigenvalue weighted by atomic mass is 10.3. The summed E-state index contributed by atoms with van der Waals surface area (Å²) in [5.74, 6) is -2.32. The molecule has 0 heterocycles. The smallest absolute Gasteiger partial charge is 0.305 e. The van der Waals surface area contributed by atoms with Gasteiger partial charge in [0.2, 0.25) is 0 Å². The molecule has 13 heavy (non-hydrogen) atoms. The van der Waals surface area contributed by atoms with Crippen molar-refractivity contribution in [3.63, 3.8) is 0 Å². The molecule has 0 fully saturated rings. The van der Waals surface area contributed by atoms with Crippen molar-refractivity contribution in [2.45, 2.75) is 26.6 Å². The molecule has 0 atom stereocenters. The summed E-state index contributed by atoms with van der Waals surface area (Å²) in [5.41, 5.74) is 0. The summed E-state index contributed by atoms with van der Waals surface area (Å²) in [5, 5.41) is 0. The van der Waals surface area contributed by atoms with Gasteiger partial charge in [0, 0.05) is 20.8 Å². The molecule has 0 saturated carbocycles. The van der Waals surface area contributed by atoms with Crippen molar-refractivity contribution in [1.82, 2.24) is 0 Å². The monoisotopic (exact) mass is 206 g/mol. The normalized spacial score (nSPS) is 11.0. The fraction of sp³-hybridized carbons (Fsp3) is 0.714. The van der Waals surface area contributed by atoms with Crippen LogP contribution in [-0.4, -0.2) is 34.8 Å². The van der Waals surface area contributed by atoms with Gasteiger partial charge in [-0.05, 0) is 0 Å². The molecule has 0 aliphatic carbocycles. The van der Waals surface area contributed by atoms with Gasteiger partial charge in [0.05, 0.1) is 0 Å². The largest absolute Gasteiger partial charge is 0.420 e. The van der Waals surface area contributed by atoms with E-state index in [1.165, 1.54) is 20.8 Å².